The summed E-state index contributed by atoms with van der Waals surface area (Å²) in [5.74, 6) is 1.83. The second-order valence-corrected chi connectivity index (χ2v) is 2.49. The first-order valence-electron chi connectivity index (χ1n) is 3.56. The minimum Gasteiger partial charge on any atom is -0.399 e. The standard InChI is InChI=1S/C10H9NO/c1-2-10(12)7-8-4-3-5-9(11)6-8/h1,3-6H,7,11H2. The number of carbonyl (C=O) groups excluding carboxylic acids is 1. The number of hydrogen-bond donors (Lipinski definition) is 1. The highest BCUT2D eigenvalue weighted by Crippen LogP contribution is 2.06. The Balaban J connectivity index is 2.78. The molecule has 1 aromatic carbocycles. The molecule has 0 aliphatic rings. The molecule has 0 saturated heterocycles. The van der Waals surface area contributed by atoms with Crippen LogP contribution >= 0.6 is 0 Å². The summed E-state index contributed by atoms with van der Waals surface area (Å²) >= 11 is 0. The zero-order valence-electron chi connectivity index (χ0n) is 6.58. The van der Waals surface area contributed by atoms with Crippen LogP contribution in [0.2, 0.25) is 0 Å². The summed E-state index contributed by atoms with van der Waals surface area (Å²) in [7, 11) is 0. The summed E-state index contributed by atoms with van der Waals surface area (Å²) in [5, 5.41) is 0. The third-order valence-electron chi connectivity index (χ3n) is 1.48. The van der Waals surface area contributed by atoms with E-state index in [1.807, 2.05) is 6.07 Å². The smallest absolute Gasteiger partial charge is 0.209 e. The highest BCUT2D eigenvalue weighted by atomic mass is 16.1. The summed E-state index contributed by atoms with van der Waals surface area (Å²) in [5.41, 5.74) is 7.02. The van der Waals surface area contributed by atoms with E-state index in [0.717, 1.165) is 5.56 Å². The van der Waals surface area contributed by atoms with Crippen LogP contribution in [0.15, 0.2) is 24.3 Å². The Bertz CT molecular complexity index is 336. The molecule has 2 N–H and O–H groups in total. The van der Waals surface area contributed by atoms with Gasteiger partial charge in [0.25, 0.3) is 0 Å². The van der Waals surface area contributed by atoms with Crippen LogP contribution in [-0.4, -0.2) is 5.78 Å². The summed E-state index contributed by atoms with van der Waals surface area (Å²) in [4.78, 5) is 10.8. The molecule has 0 saturated carbocycles. The molecule has 1 aromatic rings. The summed E-state index contributed by atoms with van der Waals surface area (Å²) in [6, 6.07) is 7.14. The van der Waals surface area contributed by atoms with E-state index in [1.165, 1.54) is 0 Å². The molecule has 0 heterocycles. The monoisotopic (exact) mass is 159 g/mol. The van der Waals surface area contributed by atoms with Crippen molar-refractivity contribution in [1.82, 2.24) is 0 Å². The third-order valence-corrected chi connectivity index (χ3v) is 1.48. The topological polar surface area (TPSA) is 43.1 Å². The predicted molar refractivity (Wildman–Crippen MR) is 48.4 cm³/mol. The SMILES string of the molecule is C#CC(=O)Cc1cccc(N)c1. The Morgan fingerprint density at radius 1 is 1.58 bits per heavy atom. The van der Waals surface area contributed by atoms with Crippen molar-refractivity contribution in [2.75, 3.05) is 5.73 Å². The lowest BCUT2D eigenvalue weighted by Crippen LogP contribution is -1.98. The predicted octanol–water partition coefficient (Wildman–Crippen LogP) is 1.01. The van der Waals surface area contributed by atoms with E-state index < -0.39 is 0 Å². The first-order valence-corrected chi connectivity index (χ1v) is 3.56. The summed E-state index contributed by atoms with van der Waals surface area (Å²) < 4.78 is 0. The number of hydrogen-bond acceptors (Lipinski definition) is 2. The molecular formula is C10H9NO. The Kier molecular flexibility index (Phi) is 2.49. The molecule has 0 aliphatic heterocycles. The Morgan fingerprint density at radius 3 is 2.92 bits per heavy atom. The van der Waals surface area contributed by atoms with Gasteiger partial charge in [-0.05, 0) is 23.6 Å². The molecule has 2 nitrogen and oxygen atoms in total. The fourth-order valence-corrected chi connectivity index (χ4v) is 0.940. The number of benzene rings is 1. The number of Topliss-reactive ketones (excluding diaryl/α,β-unsaturated/α-hetero) is 1. The van der Waals surface area contributed by atoms with Crippen LogP contribution in [0.4, 0.5) is 5.69 Å². The number of terminal acetylenes is 1. The van der Waals surface area contributed by atoms with Crippen molar-refractivity contribution in [2.24, 2.45) is 0 Å². The second-order valence-electron chi connectivity index (χ2n) is 2.49. The molecule has 0 fully saturated rings. The number of carbonyl (C=O) groups is 1. The minimum absolute atomic E-state index is 0.222. The molecule has 0 aromatic heterocycles. The lowest BCUT2D eigenvalue weighted by molar-refractivity contribution is -0.113. The molecule has 0 radical (unpaired) electrons. The van der Waals surface area contributed by atoms with Gasteiger partial charge in [-0.2, -0.15) is 0 Å². The van der Waals surface area contributed by atoms with E-state index in [0.29, 0.717) is 5.69 Å². The number of rotatable bonds is 2. The first kappa shape index (κ1) is 8.35. The maximum absolute atomic E-state index is 10.8. The van der Waals surface area contributed by atoms with Gasteiger partial charge in [0.1, 0.15) is 0 Å². The van der Waals surface area contributed by atoms with Crippen molar-refractivity contribution in [3.63, 3.8) is 0 Å². The van der Waals surface area contributed by atoms with Crippen molar-refractivity contribution >= 4 is 11.5 Å². The molecule has 1 rings (SSSR count). The lowest BCUT2D eigenvalue weighted by atomic mass is 10.1. The highest BCUT2D eigenvalue weighted by Gasteiger charge is 1.98. The van der Waals surface area contributed by atoms with E-state index in [-0.39, 0.29) is 12.2 Å². The normalized spacial score (nSPS) is 8.92. The van der Waals surface area contributed by atoms with Gasteiger partial charge in [0.15, 0.2) is 0 Å². The van der Waals surface area contributed by atoms with Gasteiger partial charge in [-0.25, -0.2) is 0 Å². The van der Waals surface area contributed by atoms with Gasteiger partial charge in [-0.15, -0.1) is 6.42 Å². The van der Waals surface area contributed by atoms with Crippen molar-refractivity contribution in [3.05, 3.63) is 29.8 Å². The number of nitrogens with two attached hydrogens (primary N) is 1. The van der Waals surface area contributed by atoms with E-state index in [1.54, 1.807) is 18.2 Å². The van der Waals surface area contributed by atoms with Gasteiger partial charge >= 0.3 is 0 Å². The number of anilines is 1. The fourth-order valence-electron chi connectivity index (χ4n) is 0.940. The zero-order chi connectivity index (χ0) is 8.97. The molecule has 0 atom stereocenters. The van der Waals surface area contributed by atoms with Crippen LogP contribution in [0.3, 0.4) is 0 Å². The van der Waals surface area contributed by atoms with Crippen LogP contribution in [-0.2, 0) is 11.2 Å². The molecular weight excluding hydrogens is 150 g/mol. The Labute approximate surface area is 71.4 Å². The molecule has 0 bridgehead atoms. The molecule has 60 valence electrons. The second kappa shape index (κ2) is 3.59. The van der Waals surface area contributed by atoms with Gasteiger partial charge in [0.05, 0.1) is 0 Å². The molecule has 0 spiro atoms. The van der Waals surface area contributed by atoms with Crippen LogP contribution in [0.5, 0.6) is 0 Å². The van der Waals surface area contributed by atoms with Gasteiger partial charge in [0, 0.05) is 12.1 Å². The van der Waals surface area contributed by atoms with Gasteiger partial charge < -0.3 is 5.73 Å². The van der Waals surface area contributed by atoms with Crippen molar-refractivity contribution < 1.29 is 4.79 Å². The fraction of sp³-hybridized carbons (Fsp3) is 0.100. The number of ketones is 1. The maximum Gasteiger partial charge on any atom is 0.209 e. The quantitative estimate of drug-likeness (QED) is 0.397. The first-order chi connectivity index (χ1) is 5.72. The van der Waals surface area contributed by atoms with Crippen molar-refractivity contribution in [3.8, 4) is 12.3 Å². The molecule has 0 aliphatic carbocycles. The van der Waals surface area contributed by atoms with E-state index in [9.17, 15) is 4.79 Å². The van der Waals surface area contributed by atoms with Gasteiger partial charge in [0.2, 0.25) is 5.78 Å². The maximum atomic E-state index is 10.8. The molecule has 2 heteroatoms. The summed E-state index contributed by atoms with van der Waals surface area (Å²) in [6.45, 7) is 0. The average molecular weight is 159 g/mol. The van der Waals surface area contributed by atoms with Gasteiger partial charge in [-0.3, -0.25) is 4.79 Å². The van der Waals surface area contributed by atoms with Crippen LogP contribution in [0, 0.1) is 12.3 Å². The van der Waals surface area contributed by atoms with Crippen LogP contribution in [0.25, 0.3) is 0 Å². The van der Waals surface area contributed by atoms with E-state index in [2.05, 4.69) is 5.92 Å². The van der Waals surface area contributed by atoms with E-state index >= 15 is 0 Å². The van der Waals surface area contributed by atoms with E-state index in [4.69, 9.17) is 12.2 Å². The minimum atomic E-state index is -0.222. The number of nitrogen functional groups attached to an aromatic ring is 1. The molecule has 0 amide bonds. The van der Waals surface area contributed by atoms with Crippen LogP contribution in [0.1, 0.15) is 5.56 Å². The third kappa shape index (κ3) is 2.14. The average Bonchev–Trinajstić information content (AvgIpc) is 2.04. The van der Waals surface area contributed by atoms with Crippen molar-refractivity contribution in [1.29, 1.82) is 0 Å². The Morgan fingerprint density at radius 2 is 2.33 bits per heavy atom. The van der Waals surface area contributed by atoms with Crippen molar-refractivity contribution in [2.45, 2.75) is 6.42 Å². The zero-order valence-corrected chi connectivity index (χ0v) is 6.58. The van der Waals surface area contributed by atoms with Gasteiger partial charge in [-0.1, -0.05) is 12.1 Å². The highest BCUT2D eigenvalue weighted by molar-refractivity contribution is 5.96. The lowest BCUT2D eigenvalue weighted by Gasteiger charge is -1.97. The molecule has 0 unspecified atom stereocenters. The Hall–Kier alpha value is -1.75. The largest absolute Gasteiger partial charge is 0.399 e. The van der Waals surface area contributed by atoms with Crippen LogP contribution < -0.4 is 5.73 Å². The summed E-state index contributed by atoms with van der Waals surface area (Å²) in [6.07, 6.45) is 5.19. The molecule has 12 heavy (non-hydrogen) atoms.